The molecule has 0 saturated heterocycles. The van der Waals surface area contributed by atoms with Gasteiger partial charge in [-0.05, 0) is 25.1 Å². The van der Waals surface area contributed by atoms with Crippen LogP contribution in [0.2, 0.25) is 5.02 Å². The number of anilines is 1. The standard InChI is InChI=1S/C11H17ClN2O3S/c1-3-17-7-6-14(2)18(15,16)11-8-9(13)4-5-10(11)12/h4-5,8H,3,6-7,13H2,1-2H3. The maximum absolute atomic E-state index is 12.2. The van der Waals surface area contributed by atoms with E-state index in [0.717, 1.165) is 0 Å². The summed E-state index contributed by atoms with van der Waals surface area (Å²) in [7, 11) is -2.15. The highest BCUT2D eigenvalue weighted by Gasteiger charge is 2.23. The van der Waals surface area contributed by atoms with Crippen LogP contribution in [0.1, 0.15) is 6.92 Å². The topological polar surface area (TPSA) is 72.6 Å². The van der Waals surface area contributed by atoms with E-state index in [0.29, 0.717) is 18.9 Å². The first kappa shape index (κ1) is 15.2. The Morgan fingerprint density at radius 2 is 2.11 bits per heavy atom. The second kappa shape index (κ2) is 6.38. The second-order valence-electron chi connectivity index (χ2n) is 3.71. The van der Waals surface area contributed by atoms with Crippen LogP contribution < -0.4 is 5.73 Å². The lowest BCUT2D eigenvalue weighted by Gasteiger charge is -2.18. The molecular weight excluding hydrogens is 276 g/mol. The third-order valence-corrected chi connectivity index (χ3v) is 4.74. The highest BCUT2D eigenvalue weighted by molar-refractivity contribution is 7.89. The SMILES string of the molecule is CCOCCN(C)S(=O)(=O)c1cc(N)ccc1Cl. The fourth-order valence-electron chi connectivity index (χ4n) is 1.34. The Morgan fingerprint density at radius 1 is 1.44 bits per heavy atom. The molecule has 0 aliphatic carbocycles. The lowest BCUT2D eigenvalue weighted by molar-refractivity contribution is 0.138. The molecule has 0 unspecified atom stereocenters. The number of nitrogens with zero attached hydrogens (tertiary/aromatic N) is 1. The van der Waals surface area contributed by atoms with Crippen LogP contribution in [0.15, 0.2) is 23.1 Å². The molecule has 0 radical (unpaired) electrons. The minimum Gasteiger partial charge on any atom is -0.399 e. The van der Waals surface area contributed by atoms with Crippen LogP contribution in [0.25, 0.3) is 0 Å². The molecule has 102 valence electrons. The summed E-state index contributed by atoms with van der Waals surface area (Å²) in [5, 5.41) is 0.160. The first-order valence-corrected chi connectivity index (χ1v) is 7.30. The molecule has 0 spiro atoms. The summed E-state index contributed by atoms with van der Waals surface area (Å²) in [6, 6.07) is 4.39. The molecule has 0 amide bonds. The predicted molar refractivity (Wildman–Crippen MR) is 72.2 cm³/mol. The van der Waals surface area contributed by atoms with E-state index in [1.807, 2.05) is 6.92 Å². The number of nitrogens with two attached hydrogens (primary N) is 1. The molecule has 18 heavy (non-hydrogen) atoms. The molecule has 0 heterocycles. The van der Waals surface area contributed by atoms with E-state index < -0.39 is 10.0 Å². The van der Waals surface area contributed by atoms with Gasteiger partial charge < -0.3 is 10.5 Å². The molecule has 0 bridgehead atoms. The number of nitrogen functional groups attached to an aromatic ring is 1. The highest BCUT2D eigenvalue weighted by atomic mass is 35.5. The molecule has 7 heteroatoms. The number of rotatable bonds is 6. The van der Waals surface area contributed by atoms with Crippen molar-refractivity contribution in [2.24, 2.45) is 0 Å². The third kappa shape index (κ3) is 3.58. The minimum atomic E-state index is -3.63. The second-order valence-corrected chi connectivity index (χ2v) is 6.13. The quantitative estimate of drug-likeness (QED) is 0.638. The summed E-state index contributed by atoms with van der Waals surface area (Å²) in [4.78, 5) is 0.0168. The number of likely N-dealkylation sites (N-methyl/N-ethyl adjacent to an activating group) is 1. The lowest BCUT2D eigenvalue weighted by Crippen LogP contribution is -2.30. The van der Waals surface area contributed by atoms with Gasteiger partial charge in [-0.2, -0.15) is 4.31 Å². The number of sulfonamides is 1. The van der Waals surface area contributed by atoms with Crippen LogP contribution in [0, 0.1) is 0 Å². The summed E-state index contributed by atoms with van der Waals surface area (Å²) in [6.45, 7) is 3.00. The van der Waals surface area contributed by atoms with Gasteiger partial charge in [0.05, 0.1) is 11.6 Å². The van der Waals surface area contributed by atoms with Gasteiger partial charge in [0.15, 0.2) is 0 Å². The Balaban J connectivity index is 2.95. The van der Waals surface area contributed by atoms with Gasteiger partial charge in [-0.25, -0.2) is 8.42 Å². The Morgan fingerprint density at radius 3 is 2.72 bits per heavy atom. The summed E-state index contributed by atoms with van der Waals surface area (Å²) < 4.78 is 30.8. The average molecular weight is 293 g/mol. The van der Waals surface area contributed by atoms with Crippen molar-refractivity contribution >= 4 is 27.3 Å². The van der Waals surface area contributed by atoms with Crippen LogP contribution >= 0.6 is 11.6 Å². The summed E-state index contributed by atoms with van der Waals surface area (Å²) in [5.41, 5.74) is 5.94. The van der Waals surface area contributed by atoms with Crippen LogP contribution in [-0.4, -0.2) is 39.5 Å². The van der Waals surface area contributed by atoms with Gasteiger partial charge in [0.2, 0.25) is 10.0 Å². The van der Waals surface area contributed by atoms with Gasteiger partial charge in [-0.3, -0.25) is 0 Å². The predicted octanol–water partition coefficient (Wildman–Crippen LogP) is 1.58. The van der Waals surface area contributed by atoms with Gasteiger partial charge in [0.1, 0.15) is 4.90 Å². The Bertz CT molecular complexity index is 505. The minimum absolute atomic E-state index is 0.0168. The van der Waals surface area contributed by atoms with E-state index >= 15 is 0 Å². The first-order valence-electron chi connectivity index (χ1n) is 5.48. The van der Waals surface area contributed by atoms with Crippen molar-refractivity contribution in [3.05, 3.63) is 23.2 Å². The van der Waals surface area contributed by atoms with Crippen LogP contribution in [0.3, 0.4) is 0 Å². The largest absolute Gasteiger partial charge is 0.399 e. The van der Waals surface area contributed by atoms with Crippen molar-refractivity contribution in [1.82, 2.24) is 4.31 Å². The number of benzene rings is 1. The number of hydrogen-bond acceptors (Lipinski definition) is 4. The molecule has 2 N–H and O–H groups in total. The zero-order valence-electron chi connectivity index (χ0n) is 10.4. The van der Waals surface area contributed by atoms with Crippen LogP contribution in [0.5, 0.6) is 0 Å². The molecule has 0 aromatic heterocycles. The Kier molecular flexibility index (Phi) is 5.40. The molecule has 0 aliphatic rings. The lowest BCUT2D eigenvalue weighted by atomic mass is 10.3. The van der Waals surface area contributed by atoms with E-state index in [1.165, 1.54) is 23.5 Å². The van der Waals surface area contributed by atoms with E-state index in [4.69, 9.17) is 22.1 Å². The summed E-state index contributed by atoms with van der Waals surface area (Å²) in [6.07, 6.45) is 0. The third-order valence-electron chi connectivity index (χ3n) is 2.40. The fourth-order valence-corrected chi connectivity index (χ4v) is 3.00. The summed E-state index contributed by atoms with van der Waals surface area (Å²) >= 11 is 5.89. The van der Waals surface area contributed by atoms with Crippen molar-refractivity contribution in [2.75, 3.05) is 32.5 Å². The van der Waals surface area contributed by atoms with Gasteiger partial charge >= 0.3 is 0 Å². The van der Waals surface area contributed by atoms with Crippen LogP contribution in [-0.2, 0) is 14.8 Å². The number of ether oxygens (including phenoxy) is 1. The highest BCUT2D eigenvalue weighted by Crippen LogP contribution is 2.25. The molecule has 1 rings (SSSR count). The average Bonchev–Trinajstić information content (AvgIpc) is 2.32. The molecular formula is C11H17ClN2O3S. The molecule has 0 atom stereocenters. The van der Waals surface area contributed by atoms with Crippen LogP contribution in [0.4, 0.5) is 5.69 Å². The van der Waals surface area contributed by atoms with Crippen molar-refractivity contribution < 1.29 is 13.2 Å². The fraction of sp³-hybridized carbons (Fsp3) is 0.455. The van der Waals surface area contributed by atoms with Gasteiger partial charge in [-0.1, -0.05) is 11.6 Å². The van der Waals surface area contributed by atoms with Gasteiger partial charge in [0.25, 0.3) is 0 Å². The van der Waals surface area contributed by atoms with E-state index in [2.05, 4.69) is 0 Å². The zero-order chi connectivity index (χ0) is 13.8. The van der Waals surface area contributed by atoms with E-state index in [9.17, 15) is 8.42 Å². The van der Waals surface area contributed by atoms with Crippen molar-refractivity contribution in [3.63, 3.8) is 0 Å². The molecule has 1 aromatic rings. The molecule has 0 fully saturated rings. The number of hydrogen-bond donors (Lipinski definition) is 1. The van der Waals surface area contributed by atoms with E-state index in [1.54, 1.807) is 6.07 Å². The summed E-state index contributed by atoms with van der Waals surface area (Å²) in [5.74, 6) is 0. The smallest absolute Gasteiger partial charge is 0.244 e. The Hall–Kier alpha value is -0.820. The maximum atomic E-state index is 12.2. The van der Waals surface area contributed by atoms with Gasteiger partial charge in [0, 0.05) is 25.9 Å². The normalized spacial score (nSPS) is 12.0. The number of halogens is 1. The Labute approximate surface area is 113 Å². The monoisotopic (exact) mass is 292 g/mol. The molecule has 0 aliphatic heterocycles. The van der Waals surface area contributed by atoms with E-state index in [-0.39, 0.29) is 16.5 Å². The molecule has 0 saturated carbocycles. The zero-order valence-corrected chi connectivity index (χ0v) is 12.0. The van der Waals surface area contributed by atoms with Crippen molar-refractivity contribution in [3.8, 4) is 0 Å². The van der Waals surface area contributed by atoms with Gasteiger partial charge in [-0.15, -0.1) is 0 Å². The van der Waals surface area contributed by atoms with Crippen molar-refractivity contribution in [1.29, 1.82) is 0 Å². The first-order chi connectivity index (χ1) is 8.39. The molecule has 1 aromatic carbocycles. The van der Waals surface area contributed by atoms with Crippen molar-refractivity contribution in [2.45, 2.75) is 11.8 Å². The molecule has 5 nitrogen and oxygen atoms in total. The maximum Gasteiger partial charge on any atom is 0.244 e.